The number of aliphatic hydroxyl groups is 2. The molecule has 0 rings (SSSR count). The average Bonchev–Trinajstić information content (AvgIpc) is 2.48. The van der Waals surface area contributed by atoms with Crippen LogP contribution in [0.3, 0.4) is 0 Å². The number of hydrogen-bond donors (Lipinski definition) is 2. The summed E-state index contributed by atoms with van der Waals surface area (Å²) in [6.45, 7) is -3.76. The third-order valence-corrected chi connectivity index (χ3v) is 3.04. The molecule has 0 bridgehead atoms. The summed E-state index contributed by atoms with van der Waals surface area (Å²) in [6.07, 6.45) is -25.5. The van der Waals surface area contributed by atoms with Gasteiger partial charge in [0, 0.05) is 0 Å². The van der Waals surface area contributed by atoms with E-state index in [1.807, 2.05) is 0 Å². The van der Waals surface area contributed by atoms with Gasteiger partial charge in [-0.2, -0.15) is 61.5 Å². The molecule has 0 spiro atoms. The third-order valence-electron chi connectivity index (χ3n) is 3.04. The van der Waals surface area contributed by atoms with Crippen LogP contribution < -0.4 is 0 Å². The Labute approximate surface area is 143 Å². The van der Waals surface area contributed by atoms with E-state index in [9.17, 15) is 65.9 Å². The summed E-state index contributed by atoms with van der Waals surface area (Å²) >= 11 is 0. The van der Waals surface area contributed by atoms with E-state index in [0.29, 0.717) is 0 Å². The van der Waals surface area contributed by atoms with E-state index in [4.69, 9.17) is 10.2 Å². The molecule has 0 saturated carbocycles. The van der Waals surface area contributed by atoms with Gasteiger partial charge in [-0.3, -0.25) is 0 Å². The fraction of sp³-hybridized carbons (Fsp3) is 1.00. The maximum atomic E-state index is 13.2. The van der Waals surface area contributed by atoms with Crippen molar-refractivity contribution in [1.29, 1.82) is 0 Å². The molecule has 0 aromatic rings. The zero-order valence-corrected chi connectivity index (χ0v) is 12.5. The van der Waals surface area contributed by atoms with E-state index in [0.717, 1.165) is 0 Å². The molecule has 0 heterocycles. The zero-order valence-electron chi connectivity index (χ0n) is 12.5. The minimum atomic E-state index is -8.53. The molecule has 0 amide bonds. The lowest BCUT2D eigenvalue weighted by Gasteiger charge is -2.42. The predicted octanol–water partition coefficient (Wildman–Crippen LogP) is 3.69. The third kappa shape index (κ3) is 3.81. The molecule has 0 aromatic heterocycles. The molecule has 0 saturated heterocycles. The standard InChI is InChI=1S/C10H7F15O3/c11-4(8(18,19)20,9(21,22)23)5(12,13)6(14,15)7(16,17)10(24,25)28-2-3(27)1-26/h3,26-27H,1-2H2. The van der Waals surface area contributed by atoms with E-state index in [2.05, 4.69) is 4.74 Å². The molecule has 28 heavy (non-hydrogen) atoms. The van der Waals surface area contributed by atoms with Crippen LogP contribution in [0.15, 0.2) is 0 Å². The first-order valence-corrected chi connectivity index (χ1v) is 6.22. The van der Waals surface area contributed by atoms with E-state index in [1.54, 1.807) is 0 Å². The van der Waals surface area contributed by atoms with Crippen molar-refractivity contribution in [2.45, 2.75) is 48.0 Å². The molecule has 3 nitrogen and oxygen atoms in total. The summed E-state index contributed by atoms with van der Waals surface area (Å²) < 4.78 is 194. The second-order valence-corrected chi connectivity index (χ2v) is 5.04. The molecule has 170 valence electrons. The molecule has 1 atom stereocenters. The van der Waals surface area contributed by atoms with Crippen LogP contribution in [0.4, 0.5) is 65.9 Å². The molecule has 1 unspecified atom stereocenters. The quantitative estimate of drug-likeness (QED) is 0.544. The van der Waals surface area contributed by atoms with Gasteiger partial charge in [0.1, 0.15) is 6.10 Å². The van der Waals surface area contributed by atoms with Gasteiger partial charge < -0.3 is 14.9 Å². The second kappa shape index (κ2) is 7.26. The normalized spacial score (nSPS) is 17.0. The molecule has 0 aliphatic heterocycles. The molecule has 0 aliphatic rings. The first-order valence-electron chi connectivity index (χ1n) is 6.22. The first-order chi connectivity index (χ1) is 12.0. The minimum absolute atomic E-state index is 1.55. The monoisotopic (exact) mass is 460 g/mol. The van der Waals surface area contributed by atoms with Crippen LogP contribution in [0.5, 0.6) is 0 Å². The molecule has 0 fully saturated rings. The van der Waals surface area contributed by atoms with Crippen LogP contribution in [0, 0.1) is 0 Å². The Morgan fingerprint density at radius 2 is 0.964 bits per heavy atom. The van der Waals surface area contributed by atoms with Crippen molar-refractivity contribution in [3.05, 3.63) is 0 Å². The lowest BCUT2D eigenvalue weighted by Crippen LogP contribution is -2.75. The zero-order chi connectivity index (χ0) is 23.2. The Morgan fingerprint density at radius 3 is 1.25 bits per heavy atom. The van der Waals surface area contributed by atoms with E-state index >= 15 is 0 Å². The van der Waals surface area contributed by atoms with Crippen molar-refractivity contribution in [2.75, 3.05) is 13.2 Å². The van der Waals surface area contributed by atoms with Gasteiger partial charge in [0.05, 0.1) is 13.2 Å². The van der Waals surface area contributed by atoms with Gasteiger partial charge >= 0.3 is 41.9 Å². The maximum Gasteiger partial charge on any atom is 0.438 e. The smallest absolute Gasteiger partial charge is 0.394 e. The Bertz CT molecular complexity index is 523. The molecular formula is C10H7F15O3. The van der Waals surface area contributed by atoms with E-state index < -0.39 is 61.2 Å². The second-order valence-electron chi connectivity index (χ2n) is 5.04. The first kappa shape index (κ1) is 26.8. The Morgan fingerprint density at radius 1 is 0.607 bits per heavy atom. The predicted molar refractivity (Wildman–Crippen MR) is 54.8 cm³/mol. The summed E-state index contributed by atoms with van der Waals surface area (Å²) in [5, 5.41) is 16.7. The highest BCUT2D eigenvalue weighted by atomic mass is 19.4. The number of hydrogen-bond acceptors (Lipinski definition) is 3. The van der Waals surface area contributed by atoms with Crippen molar-refractivity contribution in [1.82, 2.24) is 0 Å². The van der Waals surface area contributed by atoms with Gasteiger partial charge in [0.15, 0.2) is 0 Å². The number of alkyl halides is 15. The molecular weight excluding hydrogens is 453 g/mol. The fourth-order valence-electron chi connectivity index (χ4n) is 1.46. The fourth-order valence-corrected chi connectivity index (χ4v) is 1.46. The van der Waals surface area contributed by atoms with Crippen LogP contribution in [-0.4, -0.2) is 71.4 Å². The Hall–Kier alpha value is -1.17. The van der Waals surface area contributed by atoms with Gasteiger partial charge in [-0.25, -0.2) is 4.39 Å². The van der Waals surface area contributed by atoms with Gasteiger partial charge in [-0.15, -0.1) is 0 Å². The molecule has 0 aromatic carbocycles. The number of rotatable bonds is 8. The van der Waals surface area contributed by atoms with Crippen LogP contribution >= 0.6 is 0 Å². The van der Waals surface area contributed by atoms with Crippen LogP contribution in [-0.2, 0) is 4.74 Å². The van der Waals surface area contributed by atoms with Gasteiger partial charge in [-0.1, -0.05) is 0 Å². The molecule has 0 aliphatic carbocycles. The summed E-state index contributed by atoms with van der Waals surface area (Å²) in [4.78, 5) is 0. The van der Waals surface area contributed by atoms with Gasteiger partial charge in [0.2, 0.25) is 0 Å². The molecule has 2 N–H and O–H groups in total. The minimum Gasteiger partial charge on any atom is -0.394 e. The maximum absolute atomic E-state index is 13.2. The van der Waals surface area contributed by atoms with Crippen molar-refractivity contribution >= 4 is 0 Å². The topological polar surface area (TPSA) is 49.7 Å². The van der Waals surface area contributed by atoms with Crippen LogP contribution in [0.1, 0.15) is 0 Å². The summed E-state index contributed by atoms with van der Waals surface area (Å²) in [5.74, 6) is -24.7. The lowest BCUT2D eigenvalue weighted by atomic mass is 9.87. The van der Waals surface area contributed by atoms with Crippen molar-refractivity contribution in [2.24, 2.45) is 0 Å². The number of halogens is 15. The average molecular weight is 460 g/mol. The molecule has 0 radical (unpaired) electrons. The summed E-state index contributed by atoms with van der Waals surface area (Å²) in [5.41, 5.74) is -8.37. The Kier molecular flexibility index (Phi) is 6.96. The highest BCUT2D eigenvalue weighted by Gasteiger charge is 2.96. The van der Waals surface area contributed by atoms with Gasteiger partial charge in [0.25, 0.3) is 0 Å². The van der Waals surface area contributed by atoms with Crippen LogP contribution in [0.2, 0.25) is 0 Å². The molecule has 18 heteroatoms. The SMILES string of the molecule is OCC(O)COC(F)(F)C(F)(F)C(F)(F)C(F)(F)C(F)(C(F)(F)F)C(F)(F)F. The largest absolute Gasteiger partial charge is 0.438 e. The van der Waals surface area contributed by atoms with Crippen LogP contribution in [0.25, 0.3) is 0 Å². The highest BCUT2D eigenvalue weighted by Crippen LogP contribution is 2.63. The van der Waals surface area contributed by atoms with Crippen molar-refractivity contribution in [3.63, 3.8) is 0 Å². The van der Waals surface area contributed by atoms with Gasteiger partial charge in [-0.05, 0) is 0 Å². The Balaban J connectivity index is 6.44. The number of ether oxygens (including phenoxy) is 1. The highest BCUT2D eigenvalue weighted by molar-refractivity contribution is 5.15. The van der Waals surface area contributed by atoms with Crippen molar-refractivity contribution < 1.29 is 80.8 Å². The summed E-state index contributed by atoms with van der Waals surface area (Å²) in [7, 11) is 0. The number of aliphatic hydroxyl groups excluding tert-OH is 2. The van der Waals surface area contributed by atoms with E-state index in [-0.39, 0.29) is 0 Å². The van der Waals surface area contributed by atoms with Crippen molar-refractivity contribution in [3.8, 4) is 0 Å². The van der Waals surface area contributed by atoms with E-state index in [1.165, 1.54) is 0 Å². The summed E-state index contributed by atoms with van der Waals surface area (Å²) in [6, 6.07) is 0. The lowest BCUT2D eigenvalue weighted by molar-refractivity contribution is -0.476.